The molecule has 0 aliphatic carbocycles. The molecule has 0 bridgehead atoms. The van der Waals surface area contributed by atoms with Crippen molar-refractivity contribution in [3.8, 4) is 5.75 Å². The third kappa shape index (κ3) is 2.51. The number of nitrogens with two attached hydrogens (primary N) is 1. The maximum atomic E-state index is 13.2. The normalized spacial score (nSPS) is 26.6. The molecule has 0 aromatic heterocycles. The van der Waals surface area contributed by atoms with Crippen LogP contribution in [0.15, 0.2) is 18.2 Å². The molecule has 18 heavy (non-hydrogen) atoms. The highest BCUT2D eigenvalue weighted by Gasteiger charge is 2.37. The molecule has 3 heteroatoms. The van der Waals surface area contributed by atoms with Crippen LogP contribution in [0.4, 0.5) is 4.39 Å². The summed E-state index contributed by atoms with van der Waals surface area (Å²) in [4.78, 5) is 0. The molecule has 2 N–H and O–H groups in total. The predicted octanol–water partition coefficient (Wildman–Crippen LogP) is 3.95. The molecule has 2 rings (SSSR count). The second-order valence-corrected chi connectivity index (χ2v) is 5.23. The summed E-state index contributed by atoms with van der Waals surface area (Å²) in [6.45, 7) is 4.31. The van der Waals surface area contributed by atoms with E-state index in [4.69, 9.17) is 10.5 Å². The molecule has 0 saturated carbocycles. The summed E-state index contributed by atoms with van der Waals surface area (Å²) < 4.78 is 19.4. The van der Waals surface area contributed by atoms with Crippen LogP contribution in [0.2, 0.25) is 0 Å². The maximum absolute atomic E-state index is 13.2. The summed E-state index contributed by atoms with van der Waals surface area (Å²) in [7, 11) is 0. The van der Waals surface area contributed by atoms with Crippen molar-refractivity contribution in [3.63, 3.8) is 0 Å². The zero-order chi connectivity index (χ0) is 13.2. The highest BCUT2D eigenvalue weighted by Crippen LogP contribution is 2.42. The summed E-state index contributed by atoms with van der Waals surface area (Å²) in [5.41, 5.74) is 6.83. The van der Waals surface area contributed by atoms with Gasteiger partial charge in [-0.2, -0.15) is 0 Å². The van der Waals surface area contributed by atoms with Crippen molar-refractivity contribution in [2.75, 3.05) is 0 Å². The van der Waals surface area contributed by atoms with Crippen molar-refractivity contribution in [1.29, 1.82) is 0 Å². The second-order valence-electron chi connectivity index (χ2n) is 5.23. The average molecular weight is 251 g/mol. The molecule has 0 saturated heterocycles. The van der Waals surface area contributed by atoms with Crippen molar-refractivity contribution in [2.45, 2.75) is 57.6 Å². The van der Waals surface area contributed by atoms with E-state index in [0.29, 0.717) is 0 Å². The Morgan fingerprint density at radius 1 is 1.44 bits per heavy atom. The van der Waals surface area contributed by atoms with Gasteiger partial charge in [0.15, 0.2) is 0 Å². The highest BCUT2D eigenvalue weighted by atomic mass is 19.1. The molecule has 0 fully saturated rings. The van der Waals surface area contributed by atoms with Crippen molar-refractivity contribution in [3.05, 3.63) is 29.6 Å². The van der Waals surface area contributed by atoms with Crippen LogP contribution in [0.3, 0.4) is 0 Å². The molecule has 1 aliphatic rings. The second kappa shape index (κ2) is 5.27. The SMILES string of the molecule is CCCCC1(CC)C[C@H](N)c2cc(F)ccc2O1. The smallest absolute Gasteiger partial charge is 0.125 e. The van der Waals surface area contributed by atoms with E-state index in [-0.39, 0.29) is 17.5 Å². The van der Waals surface area contributed by atoms with E-state index in [1.54, 1.807) is 6.07 Å². The standard InChI is InChI=1S/C15H22FNO/c1-3-5-8-15(4-2)10-13(17)12-9-11(16)6-7-14(12)18-15/h6-7,9,13H,3-5,8,10,17H2,1-2H3/t13-,15?/m0/s1. The molecule has 0 amide bonds. The molecule has 1 aliphatic heterocycles. The molecule has 1 heterocycles. The quantitative estimate of drug-likeness (QED) is 0.879. The highest BCUT2D eigenvalue weighted by molar-refractivity contribution is 5.39. The van der Waals surface area contributed by atoms with Gasteiger partial charge in [-0.05, 0) is 37.5 Å². The molecule has 100 valence electrons. The fourth-order valence-corrected chi connectivity index (χ4v) is 2.73. The van der Waals surface area contributed by atoms with Gasteiger partial charge < -0.3 is 10.5 Å². The van der Waals surface area contributed by atoms with E-state index in [0.717, 1.165) is 43.4 Å². The molecular formula is C15H22FNO. The zero-order valence-electron chi connectivity index (χ0n) is 11.2. The van der Waals surface area contributed by atoms with Gasteiger partial charge in [0.1, 0.15) is 17.2 Å². The first kappa shape index (κ1) is 13.3. The van der Waals surface area contributed by atoms with Gasteiger partial charge in [0, 0.05) is 18.0 Å². The van der Waals surface area contributed by atoms with E-state index < -0.39 is 0 Å². The van der Waals surface area contributed by atoms with Gasteiger partial charge in [-0.1, -0.05) is 20.3 Å². The number of rotatable bonds is 4. The van der Waals surface area contributed by atoms with Gasteiger partial charge in [-0.15, -0.1) is 0 Å². The molecule has 2 atom stereocenters. The van der Waals surface area contributed by atoms with Gasteiger partial charge in [0.25, 0.3) is 0 Å². The average Bonchev–Trinajstić information content (AvgIpc) is 2.37. The largest absolute Gasteiger partial charge is 0.487 e. The first-order chi connectivity index (χ1) is 8.60. The minimum absolute atomic E-state index is 0.124. The van der Waals surface area contributed by atoms with Crippen molar-refractivity contribution >= 4 is 0 Å². The van der Waals surface area contributed by atoms with Crippen molar-refractivity contribution in [1.82, 2.24) is 0 Å². The van der Waals surface area contributed by atoms with Crippen LogP contribution < -0.4 is 10.5 Å². The number of benzene rings is 1. The third-order valence-electron chi connectivity index (χ3n) is 3.92. The Kier molecular flexibility index (Phi) is 3.91. The predicted molar refractivity (Wildman–Crippen MR) is 71.1 cm³/mol. The van der Waals surface area contributed by atoms with Crippen molar-refractivity contribution < 1.29 is 9.13 Å². The minimum Gasteiger partial charge on any atom is -0.487 e. The van der Waals surface area contributed by atoms with Crippen LogP contribution in [-0.4, -0.2) is 5.60 Å². The summed E-state index contributed by atoms with van der Waals surface area (Å²) in [6, 6.07) is 4.53. The van der Waals surface area contributed by atoms with E-state index in [2.05, 4.69) is 13.8 Å². The molecule has 1 aromatic rings. The number of halogens is 1. The Labute approximate surface area is 108 Å². The molecular weight excluding hydrogens is 229 g/mol. The number of hydrogen-bond donors (Lipinski definition) is 1. The van der Waals surface area contributed by atoms with Gasteiger partial charge in [0.2, 0.25) is 0 Å². The Bertz CT molecular complexity index is 421. The number of unbranched alkanes of at least 4 members (excludes halogenated alkanes) is 1. The van der Waals surface area contributed by atoms with Gasteiger partial charge in [-0.3, -0.25) is 0 Å². The lowest BCUT2D eigenvalue weighted by molar-refractivity contribution is 0.0215. The molecule has 2 nitrogen and oxygen atoms in total. The van der Waals surface area contributed by atoms with Crippen LogP contribution in [0, 0.1) is 5.82 Å². The summed E-state index contributed by atoms with van der Waals surface area (Å²) >= 11 is 0. The van der Waals surface area contributed by atoms with E-state index in [1.807, 2.05) is 0 Å². The van der Waals surface area contributed by atoms with Crippen LogP contribution in [-0.2, 0) is 0 Å². The van der Waals surface area contributed by atoms with Gasteiger partial charge in [-0.25, -0.2) is 4.39 Å². The molecule has 0 radical (unpaired) electrons. The first-order valence-electron chi connectivity index (χ1n) is 6.84. The van der Waals surface area contributed by atoms with Crippen LogP contribution >= 0.6 is 0 Å². The van der Waals surface area contributed by atoms with E-state index in [1.165, 1.54) is 12.1 Å². The number of ether oxygens (including phenoxy) is 1. The Morgan fingerprint density at radius 3 is 2.89 bits per heavy atom. The van der Waals surface area contributed by atoms with Crippen LogP contribution in [0.5, 0.6) is 5.75 Å². The fraction of sp³-hybridized carbons (Fsp3) is 0.600. The summed E-state index contributed by atoms with van der Waals surface area (Å²) in [6.07, 6.45) is 5.02. The summed E-state index contributed by atoms with van der Waals surface area (Å²) in [5.74, 6) is 0.512. The van der Waals surface area contributed by atoms with Crippen molar-refractivity contribution in [2.24, 2.45) is 5.73 Å². The topological polar surface area (TPSA) is 35.2 Å². The van der Waals surface area contributed by atoms with Crippen LogP contribution in [0.25, 0.3) is 0 Å². The lowest BCUT2D eigenvalue weighted by atomic mass is 9.82. The van der Waals surface area contributed by atoms with E-state index in [9.17, 15) is 4.39 Å². The zero-order valence-corrected chi connectivity index (χ0v) is 11.2. The Balaban J connectivity index is 2.27. The van der Waals surface area contributed by atoms with Crippen LogP contribution in [0.1, 0.15) is 57.6 Å². The van der Waals surface area contributed by atoms with Gasteiger partial charge >= 0.3 is 0 Å². The lowest BCUT2D eigenvalue weighted by Gasteiger charge is -2.41. The molecule has 0 spiro atoms. The third-order valence-corrected chi connectivity index (χ3v) is 3.92. The Hall–Kier alpha value is -1.09. The Morgan fingerprint density at radius 2 is 2.22 bits per heavy atom. The number of hydrogen-bond acceptors (Lipinski definition) is 2. The monoisotopic (exact) mass is 251 g/mol. The molecule has 1 aromatic carbocycles. The van der Waals surface area contributed by atoms with E-state index >= 15 is 0 Å². The minimum atomic E-state index is -0.245. The van der Waals surface area contributed by atoms with Gasteiger partial charge in [0.05, 0.1) is 0 Å². The lowest BCUT2D eigenvalue weighted by Crippen LogP contribution is -2.42. The first-order valence-corrected chi connectivity index (χ1v) is 6.84. The number of fused-ring (bicyclic) bond motifs is 1. The summed E-state index contributed by atoms with van der Waals surface area (Å²) in [5, 5.41) is 0. The maximum Gasteiger partial charge on any atom is 0.125 e. The fourth-order valence-electron chi connectivity index (χ4n) is 2.73. The molecule has 1 unspecified atom stereocenters.